The summed E-state index contributed by atoms with van der Waals surface area (Å²) in [7, 11) is -3.43. The highest BCUT2D eigenvalue weighted by Gasteiger charge is 2.29. The molecule has 2 aromatic carbocycles. The van der Waals surface area contributed by atoms with Gasteiger partial charge in [-0.15, -0.1) is 11.3 Å². The quantitative estimate of drug-likeness (QED) is 0.338. The van der Waals surface area contributed by atoms with Gasteiger partial charge in [-0.3, -0.25) is 0 Å². The van der Waals surface area contributed by atoms with Gasteiger partial charge in [0.2, 0.25) is 10.0 Å². The Morgan fingerprint density at radius 1 is 1.21 bits per heavy atom. The van der Waals surface area contributed by atoms with Crippen molar-refractivity contribution < 1.29 is 18.3 Å². The highest BCUT2D eigenvalue weighted by atomic mass is 32.2. The van der Waals surface area contributed by atoms with Gasteiger partial charge in [-0.1, -0.05) is 18.2 Å². The first-order chi connectivity index (χ1) is 18.2. The van der Waals surface area contributed by atoms with E-state index in [0.29, 0.717) is 30.8 Å². The number of nitrogens with one attached hydrogen (secondary N) is 1. The van der Waals surface area contributed by atoms with Gasteiger partial charge in [-0.25, -0.2) is 18.1 Å². The minimum Gasteiger partial charge on any atom is -0.489 e. The van der Waals surface area contributed by atoms with E-state index >= 15 is 0 Å². The zero-order chi connectivity index (χ0) is 26.9. The molecule has 2 heterocycles. The van der Waals surface area contributed by atoms with E-state index in [4.69, 9.17) is 10.5 Å². The fraction of sp³-hybridized carbons (Fsp3) is 0.464. The first-order valence-electron chi connectivity index (χ1n) is 13.2. The molecule has 2 aliphatic rings. The smallest absolute Gasteiger partial charge is 0.213 e. The molecule has 10 heteroatoms. The molecule has 1 aliphatic carbocycles. The van der Waals surface area contributed by atoms with Gasteiger partial charge < -0.3 is 20.5 Å². The van der Waals surface area contributed by atoms with Crippen LogP contribution >= 0.6 is 11.3 Å². The first-order valence-corrected chi connectivity index (χ1v) is 15.7. The molecule has 3 aromatic rings. The van der Waals surface area contributed by atoms with Crippen molar-refractivity contribution in [3.63, 3.8) is 0 Å². The maximum atomic E-state index is 12.9. The Morgan fingerprint density at radius 3 is 2.74 bits per heavy atom. The number of thiazole rings is 1. The number of aliphatic hydroxyl groups excluding tert-OH is 1. The second kappa shape index (κ2) is 11.3. The normalized spacial score (nSPS) is 18.7. The van der Waals surface area contributed by atoms with Crippen LogP contribution < -0.4 is 15.2 Å². The monoisotopic (exact) mass is 556 g/mol. The zero-order valence-electron chi connectivity index (χ0n) is 21.9. The fourth-order valence-corrected chi connectivity index (χ4v) is 7.51. The maximum absolute atomic E-state index is 12.9. The molecule has 0 unspecified atom stereocenters. The van der Waals surface area contributed by atoms with Gasteiger partial charge in [0.25, 0.3) is 0 Å². The number of fused-ring (bicyclic) bond motifs is 1. The number of hydrogen-bond donors (Lipinski definition) is 3. The number of aliphatic hydroxyl groups is 1. The molecule has 38 heavy (non-hydrogen) atoms. The number of piperidine rings is 1. The largest absolute Gasteiger partial charge is 0.489 e. The SMILES string of the molecule is CC(C)Oc1ccc(-c2ncc(-c3cccc4c3CC[C@@H]4NS(=O)(=O)CCN3CCC(O)CC3)s2)cc1N. The van der Waals surface area contributed by atoms with Crippen LogP contribution in [0.1, 0.15) is 50.3 Å². The second-order valence-corrected chi connectivity index (χ2v) is 13.3. The Kier molecular flexibility index (Phi) is 8.06. The molecular formula is C28H36N4O4S2. The summed E-state index contributed by atoms with van der Waals surface area (Å²) in [6.07, 6.45) is 4.63. The minimum atomic E-state index is -3.43. The molecule has 204 valence electrons. The molecule has 8 nitrogen and oxygen atoms in total. The molecule has 5 rings (SSSR count). The van der Waals surface area contributed by atoms with E-state index in [9.17, 15) is 13.5 Å². The van der Waals surface area contributed by atoms with Crippen LogP contribution in [0.3, 0.4) is 0 Å². The fourth-order valence-electron chi connectivity index (χ4n) is 5.25. The van der Waals surface area contributed by atoms with Crippen molar-refractivity contribution in [3.05, 3.63) is 53.7 Å². The van der Waals surface area contributed by atoms with E-state index in [2.05, 4.69) is 20.7 Å². The molecule has 0 amide bonds. The number of benzene rings is 2. The van der Waals surface area contributed by atoms with E-state index in [0.717, 1.165) is 52.5 Å². The lowest BCUT2D eigenvalue weighted by molar-refractivity contribution is 0.0855. The molecule has 1 saturated heterocycles. The Hall–Kier alpha value is -2.50. The van der Waals surface area contributed by atoms with Gasteiger partial charge in [-0.05, 0) is 74.4 Å². The van der Waals surface area contributed by atoms with E-state index in [-0.39, 0.29) is 24.0 Å². The van der Waals surface area contributed by atoms with Crippen LogP contribution in [0.25, 0.3) is 21.0 Å². The standard InChI is InChI=1S/C28H36N4O4S2/c1-18(2)36-26-9-6-19(16-24(26)29)28-30-17-27(37-28)23-5-3-4-22-21(23)7-8-25(22)31-38(34,35)15-14-32-12-10-20(33)11-13-32/h3-6,9,16-18,20,25,31,33H,7-8,10-15,29H2,1-2H3/t25-/m0/s1. The number of rotatable bonds is 9. The van der Waals surface area contributed by atoms with Crippen LogP contribution in [0.4, 0.5) is 5.69 Å². The summed E-state index contributed by atoms with van der Waals surface area (Å²) in [5.41, 5.74) is 11.1. The lowest BCUT2D eigenvalue weighted by Gasteiger charge is -2.29. The molecule has 0 radical (unpaired) electrons. The number of nitrogen functional groups attached to an aromatic ring is 1. The lowest BCUT2D eigenvalue weighted by Crippen LogP contribution is -2.40. The predicted octanol–water partition coefficient (Wildman–Crippen LogP) is 4.21. The number of aromatic nitrogens is 1. The maximum Gasteiger partial charge on any atom is 0.213 e. The number of hydrogen-bond acceptors (Lipinski definition) is 8. The van der Waals surface area contributed by atoms with Gasteiger partial charge in [0.15, 0.2) is 0 Å². The number of nitrogens with zero attached hydrogens (tertiary/aromatic N) is 2. The van der Waals surface area contributed by atoms with Crippen LogP contribution in [-0.4, -0.2) is 61.0 Å². The predicted molar refractivity (Wildman–Crippen MR) is 153 cm³/mol. The van der Waals surface area contributed by atoms with Crippen molar-refractivity contribution in [3.8, 4) is 26.8 Å². The number of sulfonamides is 1. The number of nitrogens with two attached hydrogens (primary N) is 1. The summed E-state index contributed by atoms with van der Waals surface area (Å²) in [6.45, 7) is 5.91. The van der Waals surface area contributed by atoms with E-state index in [1.54, 1.807) is 11.3 Å². The topological polar surface area (TPSA) is 118 Å². The van der Waals surface area contributed by atoms with Crippen LogP contribution in [-0.2, 0) is 16.4 Å². The van der Waals surface area contributed by atoms with Gasteiger partial charge in [0.1, 0.15) is 10.8 Å². The Balaban J connectivity index is 1.29. The summed E-state index contributed by atoms with van der Waals surface area (Å²) in [5, 5.41) is 10.6. The van der Waals surface area contributed by atoms with Gasteiger partial charge in [0, 0.05) is 37.4 Å². The van der Waals surface area contributed by atoms with E-state index < -0.39 is 10.0 Å². The molecule has 1 aliphatic heterocycles. The molecule has 4 N–H and O–H groups in total. The third-order valence-electron chi connectivity index (χ3n) is 7.22. The van der Waals surface area contributed by atoms with Crippen LogP contribution in [0.5, 0.6) is 5.75 Å². The molecule has 1 aromatic heterocycles. The van der Waals surface area contributed by atoms with Crippen molar-refractivity contribution in [2.45, 2.75) is 57.8 Å². The highest BCUT2D eigenvalue weighted by Crippen LogP contribution is 2.41. The van der Waals surface area contributed by atoms with E-state index in [1.165, 1.54) is 5.56 Å². The minimum absolute atomic E-state index is 0.0488. The highest BCUT2D eigenvalue weighted by molar-refractivity contribution is 7.89. The van der Waals surface area contributed by atoms with E-state index in [1.807, 2.05) is 50.4 Å². The molecule has 0 bridgehead atoms. The van der Waals surface area contributed by atoms with Gasteiger partial charge >= 0.3 is 0 Å². The van der Waals surface area contributed by atoms with Crippen molar-refractivity contribution in [2.24, 2.45) is 0 Å². The summed E-state index contributed by atoms with van der Waals surface area (Å²) in [4.78, 5) is 7.83. The average Bonchev–Trinajstić information content (AvgIpc) is 3.52. The number of ether oxygens (including phenoxy) is 1. The van der Waals surface area contributed by atoms with Crippen molar-refractivity contribution in [1.29, 1.82) is 0 Å². The summed E-state index contributed by atoms with van der Waals surface area (Å²) >= 11 is 1.60. The van der Waals surface area contributed by atoms with Crippen LogP contribution in [0.15, 0.2) is 42.6 Å². The van der Waals surface area contributed by atoms with Crippen molar-refractivity contribution in [2.75, 3.05) is 31.1 Å². The number of anilines is 1. The first kappa shape index (κ1) is 27.1. The number of likely N-dealkylation sites (tertiary alicyclic amines) is 1. The molecule has 0 spiro atoms. The molecule has 1 fully saturated rings. The molecule has 1 atom stereocenters. The third-order valence-corrected chi connectivity index (χ3v) is 9.66. The van der Waals surface area contributed by atoms with Crippen molar-refractivity contribution in [1.82, 2.24) is 14.6 Å². The van der Waals surface area contributed by atoms with Crippen molar-refractivity contribution >= 4 is 27.0 Å². The summed E-state index contributed by atoms with van der Waals surface area (Å²) in [5.74, 6) is 0.737. The van der Waals surface area contributed by atoms with Gasteiger partial charge in [0.05, 0.1) is 28.5 Å². The van der Waals surface area contributed by atoms with Crippen LogP contribution in [0.2, 0.25) is 0 Å². The van der Waals surface area contributed by atoms with Gasteiger partial charge in [-0.2, -0.15) is 0 Å². The zero-order valence-corrected chi connectivity index (χ0v) is 23.5. The Bertz CT molecular complexity index is 1380. The molecule has 0 saturated carbocycles. The summed E-state index contributed by atoms with van der Waals surface area (Å²) in [6, 6.07) is 11.6. The summed E-state index contributed by atoms with van der Waals surface area (Å²) < 4.78 is 34.5. The lowest BCUT2D eigenvalue weighted by atomic mass is 10.0. The Labute approximate surface area is 228 Å². The third kappa shape index (κ3) is 6.21. The second-order valence-electron chi connectivity index (χ2n) is 10.4. The average molecular weight is 557 g/mol. The molecular weight excluding hydrogens is 520 g/mol. The Morgan fingerprint density at radius 2 is 2.00 bits per heavy atom. The van der Waals surface area contributed by atoms with Crippen LogP contribution in [0, 0.1) is 0 Å².